The van der Waals surface area contributed by atoms with Gasteiger partial charge in [0.25, 0.3) is 0 Å². The normalized spacial score (nSPS) is 14.3. The molecule has 1 amide bonds. The standard InChI is InChI=1S/C11H15FN2O2S/c1-7(13)5-17(16)6-9-3-2-8(11(14)15)4-10(9)12/h2-4,7H,5-6,13H2,1H3,(H2,14,15). The second kappa shape index (κ2) is 5.88. The van der Waals surface area contributed by atoms with Gasteiger partial charge in [-0.3, -0.25) is 9.00 Å². The second-order valence-electron chi connectivity index (χ2n) is 3.90. The third-order valence-electron chi connectivity index (χ3n) is 2.10. The van der Waals surface area contributed by atoms with E-state index in [-0.39, 0.29) is 17.4 Å². The van der Waals surface area contributed by atoms with Crippen molar-refractivity contribution in [3.05, 3.63) is 35.1 Å². The summed E-state index contributed by atoms with van der Waals surface area (Å²) in [6.07, 6.45) is 0. The highest BCUT2D eigenvalue weighted by Gasteiger charge is 2.11. The van der Waals surface area contributed by atoms with Gasteiger partial charge in [0, 0.05) is 33.7 Å². The Bertz CT molecular complexity index is 449. The van der Waals surface area contributed by atoms with Crippen molar-refractivity contribution in [3.8, 4) is 0 Å². The SMILES string of the molecule is CC(N)CS(=O)Cc1ccc(C(N)=O)cc1F. The predicted octanol–water partition coefficient (Wildman–Crippen LogP) is 0.521. The highest BCUT2D eigenvalue weighted by atomic mass is 32.2. The Labute approximate surface area is 102 Å². The van der Waals surface area contributed by atoms with E-state index >= 15 is 0 Å². The van der Waals surface area contributed by atoms with Gasteiger partial charge in [-0.15, -0.1) is 0 Å². The van der Waals surface area contributed by atoms with E-state index in [9.17, 15) is 13.4 Å². The molecule has 0 aliphatic rings. The van der Waals surface area contributed by atoms with E-state index in [2.05, 4.69) is 0 Å². The molecule has 2 atom stereocenters. The number of nitrogens with two attached hydrogens (primary N) is 2. The average Bonchev–Trinajstić information content (AvgIpc) is 2.19. The summed E-state index contributed by atoms with van der Waals surface area (Å²) < 4.78 is 25.1. The van der Waals surface area contributed by atoms with E-state index in [0.717, 1.165) is 6.07 Å². The quantitative estimate of drug-likeness (QED) is 0.807. The van der Waals surface area contributed by atoms with Gasteiger partial charge in [-0.2, -0.15) is 0 Å². The Morgan fingerprint density at radius 2 is 2.18 bits per heavy atom. The highest BCUT2D eigenvalue weighted by Crippen LogP contribution is 2.12. The maximum absolute atomic E-state index is 13.5. The van der Waals surface area contributed by atoms with Gasteiger partial charge in [-0.1, -0.05) is 6.07 Å². The molecule has 0 fully saturated rings. The molecule has 0 aliphatic heterocycles. The van der Waals surface area contributed by atoms with Crippen LogP contribution in [0.4, 0.5) is 4.39 Å². The Hall–Kier alpha value is -1.27. The van der Waals surface area contributed by atoms with Gasteiger partial charge in [0.1, 0.15) is 5.82 Å². The van der Waals surface area contributed by atoms with Gasteiger partial charge in [-0.25, -0.2) is 4.39 Å². The molecule has 94 valence electrons. The second-order valence-corrected chi connectivity index (χ2v) is 5.40. The van der Waals surface area contributed by atoms with Crippen molar-refractivity contribution in [3.63, 3.8) is 0 Å². The van der Waals surface area contributed by atoms with Crippen LogP contribution in [0.15, 0.2) is 18.2 Å². The lowest BCUT2D eigenvalue weighted by atomic mass is 10.1. The molecule has 1 rings (SSSR count). The number of primary amides is 1. The van der Waals surface area contributed by atoms with Crippen molar-refractivity contribution in [1.82, 2.24) is 0 Å². The lowest BCUT2D eigenvalue weighted by Gasteiger charge is -2.07. The fourth-order valence-corrected chi connectivity index (χ4v) is 2.63. The molecular formula is C11H15FN2O2S. The maximum Gasteiger partial charge on any atom is 0.248 e. The van der Waals surface area contributed by atoms with Crippen LogP contribution in [0, 0.1) is 5.82 Å². The van der Waals surface area contributed by atoms with Crippen molar-refractivity contribution in [1.29, 1.82) is 0 Å². The van der Waals surface area contributed by atoms with Crippen LogP contribution in [-0.2, 0) is 16.6 Å². The summed E-state index contributed by atoms with van der Waals surface area (Å²) in [6, 6.07) is 3.71. The van der Waals surface area contributed by atoms with Crippen LogP contribution in [0.2, 0.25) is 0 Å². The Morgan fingerprint density at radius 1 is 1.53 bits per heavy atom. The van der Waals surface area contributed by atoms with E-state index in [1.807, 2.05) is 0 Å². The van der Waals surface area contributed by atoms with Crippen LogP contribution >= 0.6 is 0 Å². The predicted molar refractivity (Wildman–Crippen MR) is 65.3 cm³/mol. The number of benzene rings is 1. The van der Waals surface area contributed by atoms with Crippen LogP contribution < -0.4 is 11.5 Å². The fraction of sp³-hybridized carbons (Fsp3) is 0.364. The maximum atomic E-state index is 13.5. The lowest BCUT2D eigenvalue weighted by Crippen LogP contribution is -2.23. The average molecular weight is 258 g/mol. The molecule has 17 heavy (non-hydrogen) atoms. The molecule has 6 heteroatoms. The van der Waals surface area contributed by atoms with Crippen LogP contribution in [-0.4, -0.2) is 21.9 Å². The third kappa shape index (κ3) is 4.24. The molecule has 1 aromatic carbocycles. The molecule has 0 saturated carbocycles. The molecule has 4 N–H and O–H groups in total. The summed E-state index contributed by atoms with van der Waals surface area (Å²) >= 11 is 0. The van der Waals surface area contributed by atoms with E-state index < -0.39 is 22.5 Å². The number of halogens is 1. The van der Waals surface area contributed by atoms with Crippen molar-refractivity contribution in [2.45, 2.75) is 18.7 Å². The summed E-state index contributed by atoms with van der Waals surface area (Å²) in [7, 11) is -1.21. The molecule has 0 saturated heterocycles. The number of amides is 1. The molecule has 4 nitrogen and oxygen atoms in total. The van der Waals surface area contributed by atoms with E-state index in [0.29, 0.717) is 11.3 Å². The monoisotopic (exact) mass is 258 g/mol. The van der Waals surface area contributed by atoms with Gasteiger partial charge in [0.05, 0.1) is 5.75 Å². The Kier molecular flexibility index (Phi) is 4.77. The minimum atomic E-state index is -1.21. The van der Waals surface area contributed by atoms with E-state index in [4.69, 9.17) is 11.5 Å². The van der Waals surface area contributed by atoms with Crippen molar-refractivity contribution < 1.29 is 13.4 Å². The molecule has 1 aromatic rings. The first kappa shape index (κ1) is 13.8. The van der Waals surface area contributed by atoms with E-state index in [1.54, 1.807) is 6.92 Å². The number of carbonyl (C=O) groups excluding carboxylic acids is 1. The first-order chi connectivity index (χ1) is 7.90. The summed E-state index contributed by atoms with van der Waals surface area (Å²) in [6.45, 7) is 1.74. The molecule has 0 aliphatic carbocycles. The van der Waals surface area contributed by atoms with Gasteiger partial charge in [0.15, 0.2) is 0 Å². The third-order valence-corrected chi connectivity index (χ3v) is 3.63. The first-order valence-electron chi connectivity index (χ1n) is 5.09. The Balaban J connectivity index is 2.79. The van der Waals surface area contributed by atoms with Crippen molar-refractivity contribution in [2.24, 2.45) is 11.5 Å². The topological polar surface area (TPSA) is 86.2 Å². The smallest absolute Gasteiger partial charge is 0.248 e. The summed E-state index contributed by atoms with van der Waals surface area (Å²) in [5.41, 5.74) is 10.9. The van der Waals surface area contributed by atoms with Gasteiger partial charge < -0.3 is 11.5 Å². The van der Waals surface area contributed by atoms with Gasteiger partial charge in [-0.05, 0) is 19.1 Å². The van der Waals surface area contributed by atoms with Crippen LogP contribution in [0.5, 0.6) is 0 Å². The zero-order valence-corrected chi connectivity index (χ0v) is 10.3. The highest BCUT2D eigenvalue weighted by molar-refractivity contribution is 7.84. The van der Waals surface area contributed by atoms with Crippen LogP contribution in [0.1, 0.15) is 22.8 Å². The summed E-state index contributed by atoms with van der Waals surface area (Å²) in [4.78, 5) is 10.8. The summed E-state index contributed by atoms with van der Waals surface area (Å²) in [5.74, 6) is -0.852. The Morgan fingerprint density at radius 3 is 2.65 bits per heavy atom. The number of hydrogen-bond acceptors (Lipinski definition) is 3. The van der Waals surface area contributed by atoms with Crippen molar-refractivity contribution >= 4 is 16.7 Å². The molecule has 0 bridgehead atoms. The minimum absolute atomic E-state index is 0.0897. The van der Waals surface area contributed by atoms with Gasteiger partial charge in [0.2, 0.25) is 5.91 Å². The zero-order chi connectivity index (χ0) is 13.0. The molecule has 0 heterocycles. The molecular weight excluding hydrogens is 243 g/mol. The molecule has 0 radical (unpaired) electrons. The number of rotatable bonds is 5. The molecule has 2 unspecified atom stereocenters. The van der Waals surface area contributed by atoms with E-state index in [1.165, 1.54) is 12.1 Å². The van der Waals surface area contributed by atoms with Crippen LogP contribution in [0.3, 0.4) is 0 Å². The lowest BCUT2D eigenvalue weighted by molar-refractivity contribution is 0.1000. The fourth-order valence-electron chi connectivity index (χ4n) is 1.34. The van der Waals surface area contributed by atoms with Crippen LogP contribution in [0.25, 0.3) is 0 Å². The minimum Gasteiger partial charge on any atom is -0.366 e. The van der Waals surface area contributed by atoms with Crippen molar-refractivity contribution in [2.75, 3.05) is 5.75 Å². The summed E-state index contributed by atoms with van der Waals surface area (Å²) in [5, 5.41) is 0. The number of hydrogen-bond donors (Lipinski definition) is 2. The largest absolute Gasteiger partial charge is 0.366 e. The number of carbonyl (C=O) groups is 1. The van der Waals surface area contributed by atoms with Gasteiger partial charge >= 0.3 is 0 Å². The zero-order valence-electron chi connectivity index (χ0n) is 9.48. The first-order valence-corrected chi connectivity index (χ1v) is 6.57. The molecule has 0 spiro atoms. The molecule has 0 aromatic heterocycles.